The molecular formula is C24H25FN6O2S. The molecule has 3 aromatic rings. The first kappa shape index (κ1) is 21.3. The third kappa shape index (κ3) is 3.86. The molecule has 0 radical (unpaired) electrons. The number of primary amides is 1. The van der Waals surface area contributed by atoms with Crippen molar-refractivity contribution in [1.29, 1.82) is 0 Å². The number of halogens is 1. The number of amides is 1. The van der Waals surface area contributed by atoms with Crippen LogP contribution in [0.1, 0.15) is 6.42 Å². The van der Waals surface area contributed by atoms with Crippen LogP contribution in [0.15, 0.2) is 41.8 Å². The van der Waals surface area contributed by atoms with E-state index in [1.807, 2.05) is 17.5 Å². The van der Waals surface area contributed by atoms with Crippen molar-refractivity contribution >= 4 is 50.6 Å². The maximum absolute atomic E-state index is 14.4. The molecule has 1 saturated carbocycles. The molecule has 2 fully saturated rings. The Kier molecular flexibility index (Phi) is 5.34. The molecule has 1 amide bonds. The number of benzene rings is 1. The Hall–Kier alpha value is -3.24. The number of morpholine rings is 1. The van der Waals surface area contributed by atoms with E-state index in [1.54, 1.807) is 0 Å². The van der Waals surface area contributed by atoms with Crippen molar-refractivity contribution in [3.8, 4) is 0 Å². The van der Waals surface area contributed by atoms with Gasteiger partial charge in [0, 0.05) is 30.5 Å². The average molecular weight is 481 g/mol. The van der Waals surface area contributed by atoms with Crippen LogP contribution in [0.5, 0.6) is 0 Å². The molecule has 3 aliphatic rings. The number of carbonyl (C=O) groups is 1. The molecule has 34 heavy (non-hydrogen) atoms. The second-order valence-corrected chi connectivity index (χ2v) is 9.92. The van der Waals surface area contributed by atoms with Gasteiger partial charge in [0.05, 0.1) is 29.3 Å². The van der Waals surface area contributed by atoms with Crippen LogP contribution in [0.25, 0.3) is 10.2 Å². The number of fused-ring (bicyclic) bond motifs is 3. The number of nitrogens with one attached hydrogen (secondary N) is 2. The lowest BCUT2D eigenvalue weighted by atomic mass is 9.88. The highest BCUT2D eigenvalue weighted by Crippen LogP contribution is 2.45. The van der Waals surface area contributed by atoms with Gasteiger partial charge in [0.15, 0.2) is 0 Å². The molecule has 4 N–H and O–H groups in total. The van der Waals surface area contributed by atoms with E-state index in [1.165, 1.54) is 23.5 Å². The van der Waals surface area contributed by atoms with Gasteiger partial charge >= 0.3 is 0 Å². The Morgan fingerprint density at radius 3 is 2.82 bits per heavy atom. The summed E-state index contributed by atoms with van der Waals surface area (Å²) < 4.78 is 20.8. The molecule has 0 unspecified atom stereocenters. The van der Waals surface area contributed by atoms with Crippen molar-refractivity contribution in [1.82, 2.24) is 9.97 Å². The molecule has 1 saturated heterocycles. The van der Waals surface area contributed by atoms with Gasteiger partial charge < -0.3 is 26.0 Å². The van der Waals surface area contributed by atoms with Gasteiger partial charge in [-0.25, -0.2) is 9.37 Å². The van der Waals surface area contributed by atoms with Gasteiger partial charge in [0.1, 0.15) is 11.6 Å². The van der Waals surface area contributed by atoms with Crippen molar-refractivity contribution in [2.75, 3.05) is 41.8 Å². The number of hydrogen-bond acceptors (Lipinski definition) is 8. The molecule has 4 atom stereocenters. The minimum atomic E-state index is -0.334. The quantitative estimate of drug-likeness (QED) is 0.464. The maximum atomic E-state index is 14.4. The standard InChI is InChI=1S/C24H25FN6O2S/c25-15-10-16(12-17(11-15)31-4-6-33-7-5-31)27-24-28-18-3-8-34-21(18)23(30-24)29-20-14-2-1-13(9-14)19(20)22(26)32/h1-3,8,10-14,19-20H,4-7,9H2,(H2,26,32)(H2,27,28,29,30)/t13-,14+,19+,20-/m1/s1. The summed E-state index contributed by atoms with van der Waals surface area (Å²) in [6, 6.07) is 6.67. The van der Waals surface area contributed by atoms with E-state index in [0.717, 1.165) is 22.3 Å². The van der Waals surface area contributed by atoms with Gasteiger partial charge in [-0.1, -0.05) is 12.2 Å². The van der Waals surface area contributed by atoms with Crippen LogP contribution in [-0.2, 0) is 9.53 Å². The zero-order chi connectivity index (χ0) is 23.2. The Balaban J connectivity index is 1.30. The number of carbonyl (C=O) groups excluding carboxylic acids is 1. The highest BCUT2D eigenvalue weighted by Gasteiger charge is 2.47. The SMILES string of the molecule is NC(=O)[C@@H]1[C@H](Nc2nc(Nc3cc(F)cc(N4CCOCC4)c3)nc3ccsc23)[C@H]2C=C[C@@H]1C2. The largest absolute Gasteiger partial charge is 0.378 e. The maximum Gasteiger partial charge on any atom is 0.229 e. The van der Waals surface area contributed by atoms with E-state index in [-0.39, 0.29) is 35.5 Å². The molecule has 3 heterocycles. The fourth-order valence-electron chi connectivity index (χ4n) is 5.36. The van der Waals surface area contributed by atoms with Gasteiger partial charge in [0.2, 0.25) is 11.9 Å². The van der Waals surface area contributed by atoms with E-state index in [9.17, 15) is 9.18 Å². The minimum Gasteiger partial charge on any atom is -0.378 e. The first-order valence-electron chi connectivity index (χ1n) is 11.4. The van der Waals surface area contributed by atoms with Crippen LogP contribution in [-0.4, -0.2) is 48.2 Å². The second-order valence-electron chi connectivity index (χ2n) is 9.00. The summed E-state index contributed by atoms with van der Waals surface area (Å²) in [4.78, 5) is 23.6. The van der Waals surface area contributed by atoms with E-state index < -0.39 is 0 Å². The fourth-order valence-corrected chi connectivity index (χ4v) is 6.15. The number of nitrogens with zero attached hydrogens (tertiary/aromatic N) is 3. The lowest BCUT2D eigenvalue weighted by Crippen LogP contribution is -2.41. The summed E-state index contributed by atoms with van der Waals surface area (Å²) in [6.45, 7) is 2.67. The molecular weight excluding hydrogens is 455 g/mol. The third-order valence-electron chi connectivity index (χ3n) is 6.91. The number of rotatable bonds is 6. The predicted octanol–water partition coefficient (Wildman–Crippen LogP) is 3.50. The summed E-state index contributed by atoms with van der Waals surface area (Å²) in [5.41, 5.74) is 7.88. The number of anilines is 4. The molecule has 176 valence electrons. The summed E-state index contributed by atoms with van der Waals surface area (Å²) in [6.07, 6.45) is 5.18. The van der Waals surface area contributed by atoms with Crippen molar-refractivity contribution in [3.05, 3.63) is 47.6 Å². The number of thiophene rings is 1. The molecule has 8 nitrogen and oxygen atoms in total. The number of ether oxygens (including phenoxy) is 1. The first-order chi connectivity index (χ1) is 16.5. The van der Waals surface area contributed by atoms with Crippen LogP contribution >= 0.6 is 11.3 Å². The van der Waals surface area contributed by atoms with Gasteiger partial charge in [0.25, 0.3) is 0 Å². The third-order valence-corrected chi connectivity index (χ3v) is 7.82. The predicted molar refractivity (Wildman–Crippen MR) is 131 cm³/mol. The monoisotopic (exact) mass is 480 g/mol. The Morgan fingerprint density at radius 1 is 1.18 bits per heavy atom. The van der Waals surface area contributed by atoms with Crippen LogP contribution in [0.2, 0.25) is 0 Å². The van der Waals surface area contributed by atoms with E-state index >= 15 is 0 Å². The lowest BCUT2D eigenvalue weighted by Gasteiger charge is -2.29. The molecule has 1 aliphatic heterocycles. The Labute approximate surface area is 200 Å². The smallest absolute Gasteiger partial charge is 0.229 e. The number of hydrogen-bond donors (Lipinski definition) is 3. The lowest BCUT2D eigenvalue weighted by molar-refractivity contribution is -0.122. The first-order valence-corrected chi connectivity index (χ1v) is 12.3. The van der Waals surface area contributed by atoms with Crippen LogP contribution in [0, 0.1) is 23.6 Å². The van der Waals surface area contributed by atoms with Crippen molar-refractivity contribution in [3.63, 3.8) is 0 Å². The highest BCUT2D eigenvalue weighted by atomic mass is 32.1. The number of aromatic nitrogens is 2. The van der Waals surface area contributed by atoms with Crippen LogP contribution in [0.4, 0.5) is 27.5 Å². The van der Waals surface area contributed by atoms with Gasteiger partial charge in [-0.15, -0.1) is 11.3 Å². The number of nitrogens with two attached hydrogens (primary N) is 1. The molecule has 0 spiro atoms. The second kappa shape index (κ2) is 8.52. The summed E-state index contributed by atoms with van der Waals surface area (Å²) in [5.74, 6) is 0.535. The Bertz CT molecular complexity index is 1270. The molecule has 6 rings (SSSR count). The normalized spacial score (nSPS) is 25.7. The highest BCUT2D eigenvalue weighted by molar-refractivity contribution is 7.17. The van der Waals surface area contributed by atoms with Crippen molar-refractivity contribution in [2.24, 2.45) is 23.5 Å². The zero-order valence-electron chi connectivity index (χ0n) is 18.4. The van der Waals surface area contributed by atoms with Crippen LogP contribution < -0.4 is 21.3 Å². The number of allylic oxidation sites excluding steroid dienone is 1. The van der Waals surface area contributed by atoms with E-state index in [2.05, 4.69) is 32.7 Å². The summed E-state index contributed by atoms with van der Waals surface area (Å²) >= 11 is 1.54. The average Bonchev–Trinajstić information content (AvgIpc) is 3.55. The molecule has 10 heteroatoms. The Morgan fingerprint density at radius 2 is 2.00 bits per heavy atom. The molecule has 2 aliphatic carbocycles. The van der Waals surface area contributed by atoms with E-state index in [0.29, 0.717) is 43.8 Å². The molecule has 2 bridgehead atoms. The van der Waals surface area contributed by atoms with Crippen LogP contribution in [0.3, 0.4) is 0 Å². The van der Waals surface area contributed by atoms with Gasteiger partial charge in [-0.2, -0.15) is 4.98 Å². The topological polar surface area (TPSA) is 105 Å². The summed E-state index contributed by atoms with van der Waals surface area (Å²) in [7, 11) is 0. The molecule has 2 aromatic heterocycles. The van der Waals surface area contributed by atoms with Crippen molar-refractivity contribution in [2.45, 2.75) is 12.5 Å². The van der Waals surface area contributed by atoms with Gasteiger partial charge in [-0.05, 0) is 47.9 Å². The summed E-state index contributed by atoms with van der Waals surface area (Å²) in [5, 5.41) is 8.64. The van der Waals surface area contributed by atoms with Crippen molar-refractivity contribution < 1.29 is 13.9 Å². The van der Waals surface area contributed by atoms with E-state index in [4.69, 9.17) is 15.5 Å². The molecule has 1 aromatic carbocycles. The fraction of sp³-hybridized carbons (Fsp3) is 0.375. The zero-order valence-corrected chi connectivity index (χ0v) is 19.2. The minimum absolute atomic E-state index is 0.109. The van der Waals surface area contributed by atoms with Gasteiger partial charge in [-0.3, -0.25) is 4.79 Å².